The Morgan fingerprint density at radius 3 is 2.80 bits per heavy atom. The zero-order valence-corrected chi connectivity index (χ0v) is 16.2. The van der Waals surface area contributed by atoms with Gasteiger partial charge in [0, 0.05) is 19.8 Å². The van der Waals surface area contributed by atoms with E-state index in [1.165, 1.54) is 25.7 Å². The van der Waals surface area contributed by atoms with E-state index in [0.717, 1.165) is 32.3 Å². The lowest BCUT2D eigenvalue weighted by atomic mass is 9.94. The molecule has 0 unspecified atom stereocenters. The molecule has 0 aromatic rings. The fourth-order valence-corrected chi connectivity index (χ4v) is 3.32. The van der Waals surface area contributed by atoms with E-state index < -0.39 is 12.0 Å². The van der Waals surface area contributed by atoms with Crippen LogP contribution in [0.5, 0.6) is 0 Å². The van der Waals surface area contributed by atoms with Gasteiger partial charge in [0.25, 0.3) is 0 Å². The number of ether oxygens (including phenoxy) is 2. The molecule has 0 spiro atoms. The molecule has 0 saturated carbocycles. The number of carboxylic acid groups (broad SMARTS) is 1. The van der Waals surface area contributed by atoms with Crippen molar-refractivity contribution in [3.63, 3.8) is 0 Å². The van der Waals surface area contributed by atoms with Crippen LogP contribution in [-0.2, 0) is 14.3 Å². The number of hydrogen-bond acceptors (Lipinski definition) is 4. The lowest BCUT2D eigenvalue weighted by Gasteiger charge is -2.25. The minimum Gasteiger partial charge on any atom is -0.480 e. The second-order valence-electron chi connectivity index (χ2n) is 7.16. The van der Waals surface area contributed by atoms with Gasteiger partial charge in [0.15, 0.2) is 0 Å². The summed E-state index contributed by atoms with van der Waals surface area (Å²) in [5.41, 5.74) is 0. The van der Waals surface area contributed by atoms with Crippen molar-refractivity contribution in [2.45, 2.75) is 83.4 Å². The summed E-state index contributed by atoms with van der Waals surface area (Å²) in [5.74, 6) is -0.363. The van der Waals surface area contributed by atoms with Crippen LogP contribution < -0.4 is 5.32 Å². The van der Waals surface area contributed by atoms with Gasteiger partial charge in [0.2, 0.25) is 0 Å². The van der Waals surface area contributed by atoms with Gasteiger partial charge in [-0.15, -0.1) is 0 Å². The molecular weight excluding hydrogens is 318 g/mol. The Balaban J connectivity index is 2.41. The Hall–Kier alpha value is -0.910. The minimum atomic E-state index is -0.844. The van der Waals surface area contributed by atoms with Crippen LogP contribution in [0.1, 0.15) is 65.2 Å². The monoisotopic (exact) mass is 355 g/mol. The van der Waals surface area contributed by atoms with Crippen LogP contribution in [-0.4, -0.2) is 49.6 Å². The molecule has 0 radical (unpaired) electrons. The fourth-order valence-electron chi connectivity index (χ4n) is 3.32. The molecule has 1 heterocycles. The summed E-state index contributed by atoms with van der Waals surface area (Å²) >= 11 is 0. The van der Waals surface area contributed by atoms with E-state index in [4.69, 9.17) is 9.47 Å². The normalized spacial score (nSPS) is 22.0. The molecule has 146 valence electrons. The molecule has 1 aliphatic heterocycles. The van der Waals surface area contributed by atoms with Crippen molar-refractivity contribution in [3.05, 3.63) is 12.2 Å². The molecular formula is C20H37NO4. The number of nitrogens with one attached hydrogen (secondary N) is 1. The highest BCUT2D eigenvalue weighted by Crippen LogP contribution is 2.19. The SMILES string of the molecule is CCCCCC[C@H](C)[C@H](CC=C[C@H](N[C@@H]1CCCOC1)C(=O)O)OC. The first-order valence-electron chi connectivity index (χ1n) is 9.84. The molecule has 5 nitrogen and oxygen atoms in total. The van der Waals surface area contributed by atoms with Gasteiger partial charge in [-0.3, -0.25) is 10.1 Å². The largest absolute Gasteiger partial charge is 0.480 e. The highest BCUT2D eigenvalue weighted by atomic mass is 16.5. The Morgan fingerprint density at radius 1 is 1.40 bits per heavy atom. The van der Waals surface area contributed by atoms with Gasteiger partial charge < -0.3 is 14.6 Å². The first kappa shape index (κ1) is 22.1. The second-order valence-corrected chi connectivity index (χ2v) is 7.16. The Kier molecular flexibility index (Phi) is 11.8. The lowest BCUT2D eigenvalue weighted by Crippen LogP contribution is -2.46. The summed E-state index contributed by atoms with van der Waals surface area (Å²) in [6.45, 7) is 5.81. The van der Waals surface area contributed by atoms with Gasteiger partial charge in [-0.1, -0.05) is 51.7 Å². The number of aliphatic carboxylic acids is 1. The maximum Gasteiger partial charge on any atom is 0.324 e. The molecule has 1 fully saturated rings. The van der Waals surface area contributed by atoms with Crippen molar-refractivity contribution in [1.29, 1.82) is 0 Å². The van der Waals surface area contributed by atoms with Crippen molar-refractivity contribution in [1.82, 2.24) is 5.32 Å². The van der Waals surface area contributed by atoms with Crippen molar-refractivity contribution in [2.24, 2.45) is 5.92 Å². The molecule has 0 amide bonds. The zero-order chi connectivity index (χ0) is 18.5. The van der Waals surface area contributed by atoms with Crippen molar-refractivity contribution < 1.29 is 19.4 Å². The first-order valence-corrected chi connectivity index (χ1v) is 9.84. The number of carbonyl (C=O) groups is 1. The Bertz CT molecular complexity index is 380. The molecule has 0 bridgehead atoms. The standard InChI is InChI=1S/C20H37NO4/c1-4-5-6-7-10-16(2)19(24-3)13-8-12-18(20(22)23)21-17-11-9-14-25-15-17/h8,12,16-19,21H,4-7,9-11,13-15H2,1-3H3,(H,22,23)/t16-,17+,18-,19-/m0/s1. The molecule has 0 aromatic carbocycles. The average molecular weight is 356 g/mol. The van der Waals surface area contributed by atoms with Gasteiger partial charge in [0.1, 0.15) is 6.04 Å². The van der Waals surface area contributed by atoms with E-state index in [1.807, 2.05) is 6.08 Å². The predicted molar refractivity (Wildman–Crippen MR) is 101 cm³/mol. The van der Waals surface area contributed by atoms with E-state index >= 15 is 0 Å². The summed E-state index contributed by atoms with van der Waals surface area (Å²) < 4.78 is 11.0. The summed E-state index contributed by atoms with van der Waals surface area (Å²) in [4.78, 5) is 11.5. The van der Waals surface area contributed by atoms with Gasteiger partial charge in [-0.2, -0.15) is 0 Å². The van der Waals surface area contributed by atoms with Crippen molar-refractivity contribution in [3.8, 4) is 0 Å². The number of rotatable bonds is 13. The predicted octanol–water partition coefficient (Wildman–Crippen LogP) is 3.78. The fraction of sp³-hybridized carbons (Fsp3) is 0.850. The van der Waals surface area contributed by atoms with E-state index in [2.05, 4.69) is 19.2 Å². The van der Waals surface area contributed by atoms with Gasteiger partial charge in [-0.05, 0) is 31.6 Å². The molecule has 1 rings (SSSR count). The summed E-state index contributed by atoms with van der Waals surface area (Å²) in [6.07, 6.45) is 12.8. The third kappa shape index (κ3) is 9.38. The zero-order valence-electron chi connectivity index (χ0n) is 16.2. The molecule has 4 atom stereocenters. The highest BCUT2D eigenvalue weighted by Gasteiger charge is 2.21. The van der Waals surface area contributed by atoms with Crippen molar-refractivity contribution in [2.75, 3.05) is 20.3 Å². The van der Waals surface area contributed by atoms with E-state index in [0.29, 0.717) is 12.5 Å². The van der Waals surface area contributed by atoms with E-state index in [1.54, 1.807) is 13.2 Å². The maximum atomic E-state index is 11.5. The molecule has 1 saturated heterocycles. The summed E-state index contributed by atoms with van der Waals surface area (Å²) in [5, 5.41) is 12.6. The quantitative estimate of drug-likeness (QED) is 0.389. The van der Waals surface area contributed by atoms with Gasteiger partial charge in [0.05, 0.1) is 12.7 Å². The maximum absolute atomic E-state index is 11.5. The van der Waals surface area contributed by atoms with Crippen LogP contribution in [0.2, 0.25) is 0 Å². The molecule has 5 heteroatoms. The first-order chi connectivity index (χ1) is 12.1. The number of hydrogen-bond donors (Lipinski definition) is 2. The molecule has 0 aliphatic carbocycles. The van der Waals surface area contributed by atoms with Gasteiger partial charge >= 0.3 is 5.97 Å². The van der Waals surface area contributed by atoms with E-state index in [-0.39, 0.29) is 12.1 Å². The van der Waals surface area contributed by atoms with Crippen LogP contribution in [0.25, 0.3) is 0 Å². The Morgan fingerprint density at radius 2 is 2.20 bits per heavy atom. The number of carboxylic acids is 1. The summed E-state index contributed by atoms with van der Waals surface area (Å²) in [7, 11) is 1.74. The topological polar surface area (TPSA) is 67.8 Å². The molecule has 0 aromatic heterocycles. The second kappa shape index (κ2) is 13.3. The van der Waals surface area contributed by atoms with Gasteiger partial charge in [-0.25, -0.2) is 0 Å². The molecule has 25 heavy (non-hydrogen) atoms. The molecule has 1 aliphatic rings. The van der Waals surface area contributed by atoms with Crippen LogP contribution in [0.4, 0.5) is 0 Å². The third-order valence-corrected chi connectivity index (χ3v) is 4.99. The number of methoxy groups -OCH3 is 1. The van der Waals surface area contributed by atoms with Crippen LogP contribution in [0.15, 0.2) is 12.2 Å². The average Bonchev–Trinajstić information content (AvgIpc) is 2.62. The molecule has 2 N–H and O–H groups in total. The van der Waals surface area contributed by atoms with Crippen LogP contribution >= 0.6 is 0 Å². The van der Waals surface area contributed by atoms with Crippen LogP contribution in [0.3, 0.4) is 0 Å². The van der Waals surface area contributed by atoms with Crippen LogP contribution in [0, 0.1) is 5.92 Å². The highest BCUT2D eigenvalue weighted by molar-refractivity contribution is 5.75. The smallest absolute Gasteiger partial charge is 0.324 e. The minimum absolute atomic E-state index is 0.121. The Labute approximate surface area is 153 Å². The van der Waals surface area contributed by atoms with Crippen molar-refractivity contribution >= 4 is 5.97 Å². The lowest BCUT2D eigenvalue weighted by molar-refractivity contribution is -0.138. The third-order valence-electron chi connectivity index (χ3n) is 4.99. The summed E-state index contributed by atoms with van der Waals surface area (Å²) in [6, 6.07) is -0.542. The van der Waals surface area contributed by atoms with E-state index in [9.17, 15) is 9.90 Å². The number of unbranched alkanes of at least 4 members (excludes halogenated alkanes) is 3.